The van der Waals surface area contributed by atoms with Gasteiger partial charge in [0.1, 0.15) is 0 Å². The molecule has 0 radical (unpaired) electrons. The van der Waals surface area contributed by atoms with E-state index < -0.39 is 10.2 Å². The van der Waals surface area contributed by atoms with Crippen LogP contribution in [-0.2, 0) is 10.2 Å². The van der Waals surface area contributed by atoms with Crippen LogP contribution in [0.4, 0.5) is 0 Å². The van der Waals surface area contributed by atoms with E-state index in [9.17, 15) is 8.42 Å². The quantitative estimate of drug-likeness (QED) is 0.734. The van der Waals surface area contributed by atoms with Crippen LogP contribution in [0.5, 0.6) is 0 Å². The Balaban J connectivity index is 2.64. The molecule has 1 N–H and O–H groups in total. The second kappa shape index (κ2) is 6.54. The Kier molecular flexibility index (Phi) is 5.68. The molecule has 6 heteroatoms. The van der Waals surface area contributed by atoms with Gasteiger partial charge in [-0.3, -0.25) is 0 Å². The van der Waals surface area contributed by atoms with Crippen LogP contribution < -0.4 is 5.32 Å². The molecule has 0 aromatic rings. The first kappa shape index (κ1) is 13.9. The molecule has 1 heterocycles. The molecule has 1 aliphatic rings. The van der Waals surface area contributed by atoms with Gasteiger partial charge in [0.15, 0.2) is 0 Å². The Bertz CT molecular complexity index is 286. The van der Waals surface area contributed by atoms with Crippen LogP contribution in [0, 0.1) is 0 Å². The number of piperazine rings is 1. The second-order valence-corrected chi connectivity index (χ2v) is 5.93. The lowest BCUT2D eigenvalue weighted by Crippen LogP contribution is -2.51. The van der Waals surface area contributed by atoms with Gasteiger partial charge in [0.2, 0.25) is 0 Å². The number of rotatable bonds is 6. The van der Waals surface area contributed by atoms with Crippen LogP contribution in [0.15, 0.2) is 0 Å². The van der Waals surface area contributed by atoms with Crippen molar-refractivity contribution in [2.45, 2.75) is 26.7 Å². The van der Waals surface area contributed by atoms with E-state index >= 15 is 0 Å². The Labute approximate surface area is 99.0 Å². The first-order valence-electron chi connectivity index (χ1n) is 6.08. The molecular formula is C10H23N3O2S. The number of nitrogens with zero attached hydrogens (tertiary/aromatic N) is 2. The average molecular weight is 249 g/mol. The normalized spacial score (nSPS) is 19.2. The molecule has 0 spiro atoms. The van der Waals surface area contributed by atoms with Crippen molar-refractivity contribution in [3.63, 3.8) is 0 Å². The van der Waals surface area contributed by atoms with E-state index in [1.165, 1.54) is 0 Å². The smallest absolute Gasteiger partial charge is 0.282 e. The molecule has 1 saturated heterocycles. The van der Waals surface area contributed by atoms with Gasteiger partial charge in [-0.05, 0) is 6.42 Å². The summed E-state index contributed by atoms with van der Waals surface area (Å²) in [5, 5.41) is 3.16. The number of hydrogen-bond donors (Lipinski definition) is 1. The molecule has 0 unspecified atom stereocenters. The third-order valence-electron chi connectivity index (χ3n) is 2.84. The predicted molar refractivity (Wildman–Crippen MR) is 65.5 cm³/mol. The molecule has 1 fully saturated rings. The molecule has 0 atom stereocenters. The lowest BCUT2D eigenvalue weighted by atomic mass is 10.3. The number of nitrogens with one attached hydrogen (secondary N) is 1. The van der Waals surface area contributed by atoms with Crippen LogP contribution in [0.1, 0.15) is 26.7 Å². The van der Waals surface area contributed by atoms with E-state index in [1.807, 2.05) is 6.92 Å². The highest BCUT2D eigenvalue weighted by Crippen LogP contribution is 2.10. The Morgan fingerprint density at radius 3 is 2.38 bits per heavy atom. The Morgan fingerprint density at radius 1 is 1.25 bits per heavy atom. The zero-order valence-corrected chi connectivity index (χ0v) is 11.1. The van der Waals surface area contributed by atoms with E-state index in [1.54, 1.807) is 8.61 Å². The third-order valence-corrected chi connectivity index (χ3v) is 4.95. The SMILES string of the molecule is CCCCN(CC)S(=O)(=O)N1CCNCC1. The fraction of sp³-hybridized carbons (Fsp3) is 1.00. The topological polar surface area (TPSA) is 52.7 Å². The standard InChI is InChI=1S/C10H23N3O2S/c1-3-5-8-12(4-2)16(14,15)13-9-6-11-7-10-13/h11H,3-10H2,1-2H3. The van der Waals surface area contributed by atoms with Crippen molar-refractivity contribution in [2.75, 3.05) is 39.3 Å². The maximum atomic E-state index is 12.2. The Hall–Kier alpha value is -0.170. The Morgan fingerprint density at radius 2 is 1.88 bits per heavy atom. The summed E-state index contributed by atoms with van der Waals surface area (Å²) in [6.07, 6.45) is 1.95. The van der Waals surface area contributed by atoms with Crippen molar-refractivity contribution in [2.24, 2.45) is 0 Å². The van der Waals surface area contributed by atoms with Crippen molar-refractivity contribution in [1.29, 1.82) is 0 Å². The van der Waals surface area contributed by atoms with Crippen molar-refractivity contribution < 1.29 is 8.42 Å². The minimum atomic E-state index is -3.22. The highest BCUT2D eigenvalue weighted by atomic mass is 32.2. The molecule has 16 heavy (non-hydrogen) atoms. The van der Waals surface area contributed by atoms with Crippen molar-refractivity contribution in [3.05, 3.63) is 0 Å². The molecular weight excluding hydrogens is 226 g/mol. The molecule has 5 nitrogen and oxygen atoms in total. The molecule has 0 aliphatic carbocycles. The summed E-state index contributed by atoms with van der Waals surface area (Å²) in [4.78, 5) is 0. The van der Waals surface area contributed by atoms with Gasteiger partial charge in [-0.15, -0.1) is 0 Å². The van der Waals surface area contributed by atoms with Gasteiger partial charge in [-0.2, -0.15) is 17.0 Å². The van der Waals surface area contributed by atoms with E-state index in [0.29, 0.717) is 26.2 Å². The van der Waals surface area contributed by atoms with Gasteiger partial charge in [0, 0.05) is 39.3 Å². The second-order valence-electron chi connectivity index (χ2n) is 4.00. The third kappa shape index (κ3) is 3.41. The summed E-state index contributed by atoms with van der Waals surface area (Å²) in [7, 11) is -3.22. The minimum absolute atomic E-state index is 0.562. The first-order valence-corrected chi connectivity index (χ1v) is 7.48. The van der Waals surface area contributed by atoms with E-state index in [4.69, 9.17) is 0 Å². The monoisotopic (exact) mass is 249 g/mol. The largest absolute Gasteiger partial charge is 0.314 e. The predicted octanol–water partition coefficient (Wildman–Crippen LogP) is 0.258. The molecule has 0 amide bonds. The first-order chi connectivity index (χ1) is 7.62. The maximum Gasteiger partial charge on any atom is 0.282 e. The van der Waals surface area contributed by atoms with Crippen LogP contribution in [0.2, 0.25) is 0 Å². The van der Waals surface area contributed by atoms with Gasteiger partial charge in [-0.1, -0.05) is 20.3 Å². The van der Waals surface area contributed by atoms with Crippen molar-refractivity contribution in [3.8, 4) is 0 Å². The van der Waals surface area contributed by atoms with Crippen molar-refractivity contribution >= 4 is 10.2 Å². The zero-order valence-electron chi connectivity index (χ0n) is 10.3. The van der Waals surface area contributed by atoms with Gasteiger partial charge < -0.3 is 5.32 Å². The number of hydrogen-bond acceptors (Lipinski definition) is 3. The zero-order chi connectivity index (χ0) is 12.0. The maximum absolute atomic E-state index is 12.2. The van der Waals surface area contributed by atoms with Gasteiger partial charge in [0.05, 0.1) is 0 Å². The lowest BCUT2D eigenvalue weighted by Gasteiger charge is -2.31. The van der Waals surface area contributed by atoms with Crippen molar-refractivity contribution in [1.82, 2.24) is 13.9 Å². The molecule has 0 aromatic carbocycles. The average Bonchev–Trinajstić information content (AvgIpc) is 2.31. The molecule has 1 rings (SSSR count). The van der Waals surface area contributed by atoms with Gasteiger partial charge in [0.25, 0.3) is 10.2 Å². The van der Waals surface area contributed by atoms with Gasteiger partial charge >= 0.3 is 0 Å². The number of unbranched alkanes of at least 4 members (excludes halogenated alkanes) is 1. The summed E-state index contributed by atoms with van der Waals surface area (Å²) < 4.78 is 27.7. The summed E-state index contributed by atoms with van der Waals surface area (Å²) in [6, 6.07) is 0. The van der Waals surface area contributed by atoms with Gasteiger partial charge in [-0.25, -0.2) is 0 Å². The highest BCUT2D eigenvalue weighted by molar-refractivity contribution is 7.86. The molecule has 96 valence electrons. The molecule has 0 aromatic heterocycles. The van der Waals surface area contributed by atoms with E-state index in [-0.39, 0.29) is 0 Å². The fourth-order valence-corrected chi connectivity index (χ4v) is 3.47. The summed E-state index contributed by atoms with van der Waals surface area (Å²) in [5.41, 5.74) is 0. The molecule has 0 saturated carbocycles. The molecule has 0 bridgehead atoms. The van der Waals surface area contributed by atoms with E-state index in [0.717, 1.165) is 25.9 Å². The fourth-order valence-electron chi connectivity index (χ4n) is 1.81. The highest BCUT2D eigenvalue weighted by Gasteiger charge is 2.28. The van der Waals surface area contributed by atoms with Crippen LogP contribution in [-0.4, -0.2) is 56.3 Å². The summed E-state index contributed by atoms with van der Waals surface area (Å²) in [5.74, 6) is 0. The van der Waals surface area contributed by atoms with Crippen LogP contribution >= 0.6 is 0 Å². The minimum Gasteiger partial charge on any atom is -0.314 e. The van der Waals surface area contributed by atoms with Crippen LogP contribution in [0.25, 0.3) is 0 Å². The van der Waals surface area contributed by atoms with E-state index in [2.05, 4.69) is 12.2 Å². The molecule has 1 aliphatic heterocycles. The van der Waals surface area contributed by atoms with Crippen LogP contribution in [0.3, 0.4) is 0 Å². The summed E-state index contributed by atoms with van der Waals surface area (Å²) in [6.45, 7) is 7.86. The summed E-state index contributed by atoms with van der Waals surface area (Å²) >= 11 is 0. The lowest BCUT2D eigenvalue weighted by molar-refractivity contribution is 0.313.